The highest BCUT2D eigenvalue weighted by Gasteiger charge is 2.20. The molecule has 0 unspecified atom stereocenters. The van der Waals surface area contributed by atoms with Crippen molar-refractivity contribution in [3.05, 3.63) is 53.1 Å². The van der Waals surface area contributed by atoms with E-state index in [2.05, 4.69) is 22.4 Å². The highest BCUT2D eigenvalue weighted by atomic mass is 32.2. The molecule has 3 aromatic rings. The van der Waals surface area contributed by atoms with Crippen molar-refractivity contribution in [2.45, 2.75) is 56.2 Å². The van der Waals surface area contributed by atoms with Crippen molar-refractivity contribution in [1.82, 2.24) is 14.7 Å². The Bertz CT molecular complexity index is 1170. The van der Waals surface area contributed by atoms with E-state index in [1.54, 1.807) is 0 Å². The number of imidazole rings is 1. The van der Waals surface area contributed by atoms with Crippen LogP contribution in [0.15, 0.2) is 47.0 Å². The van der Waals surface area contributed by atoms with Gasteiger partial charge in [0, 0.05) is 6.54 Å². The molecule has 1 aromatic carbocycles. The van der Waals surface area contributed by atoms with Crippen molar-refractivity contribution in [1.29, 1.82) is 5.26 Å². The summed E-state index contributed by atoms with van der Waals surface area (Å²) in [4.78, 5) is 17.4. The molecule has 6 heteroatoms. The quantitative estimate of drug-likeness (QED) is 0.444. The third-order valence-corrected chi connectivity index (χ3v) is 6.76. The summed E-state index contributed by atoms with van der Waals surface area (Å²) in [5.74, 6) is 0.0380. The van der Waals surface area contributed by atoms with Gasteiger partial charge in [0.1, 0.15) is 6.07 Å². The maximum atomic E-state index is 12.7. The number of hydrogen-bond donors (Lipinski definition) is 1. The monoisotopic (exact) mass is 418 g/mol. The molecule has 1 amide bonds. The average molecular weight is 419 g/mol. The van der Waals surface area contributed by atoms with Gasteiger partial charge in [0.2, 0.25) is 5.91 Å². The van der Waals surface area contributed by atoms with Gasteiger partial charge in [0.05, 0.1) is 26.9 Å². The molecule has 0 fully saturated rings. The lowest BCUT2D eigenvalue weighted by atomic mass is 9.97. The second kappa shape index (κ2) is 8.93. The Morgan fingerprint density at radius 3 is 2.97 bits per heavy atom. The van der Waals surface area contributed by atoms with Gasteiger partial charge >= 0.3 is 0 Å². The van der Waals surface area contributed by atoms with Crippen LogP contribution in [0.3, 0.4) is 0 Å². The summed E-state index contributed by atoms with van der Waals surface area (Å²) >= 11 is 1.51. The number of nitrogens with zero attached hydrogens (tertiary/aromatic N) is 3. The summed E-state index contributed by atoms with van der Waals surface area (Å²) in [5.41, 5.74) is 5.37. The number of pyridine rings is 1. The van der Waals surface area contributed by atoms with Gasteiger partial charge in [-0.15, -0.1) is 0 Å². The van der Waals surface area contributed by atoms with Crippen molar-refractivity contribution in [3.63, 3.8) is 0 Å². The standard InChI is InChI=1S/C24H26N4OS/c1-16-14-22(28-21-11-7-6-10-20(21)27-23(28)19(16)15-25)30-17(2)24(29)26-13-12-18-8-4-3-5-9-18/h6-8,10-11,14,17H,3-5,9,12-13H2,1-2H3,(H,26,29)/t17-/m1/s1. The van der Waals surface area contributed by atoms with E-state index in [-0.39, 0.29) is 11.2 Å². The van der Waals surface area contributed by atoms with Crippen LogP contribution in [0.2, 0.25) is 0 Å². The zero-order valence-electron chi connectivity index (χ0n) is 17.4. The van der Waals surface area contributed by atoms with Crippen LogP contribution in [0.4, 0.5) is 0 Å². The van der Waals surface area contributed by atoms with Gasteiger partial charge in [0.15, 0.2) is 5.65 Å². The van der Waals surface area contributed by atoms with Crippen molar-refractivity contribution in [2.75, 3.05) is 6.54 Å². The van der Waals surface area contributed by atoms with Crippen molar-refractivity contribution < 1.29 is 4.79 Å². The van der Waals surface area contributed by atoms with Gasteiger partial charge in [-0.2, -0.15) is 5.26 Å². The molecule has 154 valence electrons. The van der Waals surface area contributed by atoms with Crippen LogP contribution in [0.1, 0.15) is 50.2 Å². The first kappa shape index (κ1) is 20.5. The summed E-state index contributed by atoms with van der Waals surface area (Å²) < 4.78 is 2.00. The van der Waals surface area contributed by atoms with Gasteiger partial charge in [0.25, 0.3) is 0 Å². The molecular formula is C24H26N4OS. The highest BCUT2D eigenvalue weighted by Crippen LogP contribution is 2.31. The van der Waals surface area contributed by atoms with E-state index in [9.17, 15) is 10.1 Å². The number of aryl methyl sites for hydroxylation is 1. The lowest BCUT2D eigenvalue weighted by molar-refractivity contribution is -0.120. The molecule has 2 aromatic heterocycles. The van der Waals surface area contributed by atoms with Crippen LogP contribution in [0.25, 0.3) is 16.7 Å². The SMILES string of the molecule is Cc1cc(S[C@H](C)C(=O)NCCC2=CCCCC2)n2c(nc3ccccc32)c1C#N. The summed E-state index contributed by atoms with van der Waals surface area (Å²) in [6.07, 6.45) is 8.15. The normalized spacial score (nSPS) is 15.0. The summed E-state index contributed by atoms with van der Waals surface area (Å²) in [7, 11) is 0. The predicted octanol–water partition coefficient (Wildman–Crippen LogP) is 5.15. The van der Waals surface area contributed by atoms with E-state index in [4.69, 9.17) is 0 Å². The van der Waals surface area contributed by atoms with Gasteiger partial charge in [-0.25, -0.2) is 4.98 Å². The Morgan fingerprint density at radius 1 is 1.37 bits per heavy atom. The first-order chi connectivity index (χ1) is 14.6. The number of nitrogens with one attached hydrogen (secondary N) is 1. The molecule has 0 radical (unpaired) electrons. The Kier molecular flexibility index (Phi) is 6.10. The van der Waals surface area contributed by atoms with E-state index < -0.39 is 0 Å². The van der Waals surface area contributed by atoms with E-state index in [0.717, 1.165) is 34.5 Å². The molecule has 0 aliphatic heterocycles. The summed E-state index contributed by atoms with van der Waals surface area (Å²) in [6, 6.07) is 12.1. The highest BCUT2D eigenvalue weighted by molar-refractivity contribution is 8.00. The van der Waals surface area contributed by atoms with Crippen LogP contribution >= 0.6 is 11.8 Å². The minimum absolute atomic E-state index is 0.0380. The zero-order valence-corrected chi connectivity index (χ0v) is 18.3. The third kappa shape index (κ3) is 4.08. The minimum Gasteiger partial charge on any atom is -0.355 e. The van der Waals surface area contributed by atoms with E-state index in [0.29, 0.717) is 17.8 Å². The lowest BCUT2D eigenvalue weighted by Gasteiger charge is -2.16. The number of rotatable bonds is 6. The molecule has 1 aliphatic rings. The summed E-state index contributed by atoms with van der Waals surface area (Å²) in [5, 5.41) is 13.4. The van der Waals surface area contributed by atoms with Gasteiger partial charge in [-0.05, 0) is 69.7 Å². The van der Waals surface area contributed by atoms with Crippen LogP contribution in [-0.2, 0) is 4.79 Å². The van der Waals surface area contributed by atoms with Crippen LogP contribution in [0, 0.1) is 18.3 Å². The van der Waals surface area contributed by atoms with E-state index in [1.165, 1.54) is 36.6 Å². The molecule has 1 atom stereocenters. The zero-order chi connectivity index (χ0) is 21.1. The van der Waals surface area contributed by atoms with Gasteiger partial charge in [-0.1, -0.05) is 35.5 Å². The summed E-state index contributed by atoms with van der Waals surface area (Å²) in [6.45, 7) is 4.54. The van der Waals surface area contributed by atoms with Gasteiger partial charge < -0.3 is 5.32 Å². The Balaban J connectivity index is 1.55. The molecule has 2 heterocycles. The number of para-hydroxylation sites is 2. The van der Waals surface area contributed by atoms with Crippen molar-refractivity contribution in [3.8, 4) is 6.07 Å². The molecule has 0 saturated carbocycles. The Hall–Kier alpha value is -2.78. The van der Waals surface area contributed by atoms with Crippen LogP contribution < -0.4 is 5.32 Å². The molecule has 0 bridgehead atoms. The Morgan fingerprint density at radius 2 is 2.20 bits per heavy atom. The number of amides is 1. The van der Waals surface area contributed by atoms with E-state index >= 15 is 0 Å². The number of carbonyl (C=O) groups excluding carboxylic acids is 1. The smallest absolute Gasteiger partial charge is 0.233 e. The third-order valence-electron chi connectivity index (χ3n) is 5.65. The number of thioether (sulfide) groups is 1. The fourth-order valence-electron chi connectivity index (χ4n) is 4.00. The topological polar surface area (TPSA) is 70.2 Å². The fourth-order valence-corrected chi connectivity index (χ4v) is 5.08. The van der Waals surface area contributed by atoms with Crippen molar-refractivity contribution in [2.24, 2.45) is 0 Å². The number of fused-ring (bicyclic) bond motifs is 3. The molecule has 5 nitrogen and oxygen atoms in total. The largest absolute Gasteiger partial charge is 0.355 e. The first-order valence-electron chi connectivity index (χ1n) is 10.5. The average Bonchev–Trinajstić information content (AvgIpc) is 3.14. The second-order valence-corrected chi connectivity index (χ2v) is 9.18. The number of hydrogen-bond acceptors (Lipinski definition) is 4. The second-order valence-electron chi connectivity index (χ2n) is 7.82. The van der Waals surface area contributed by atoms with Crippen LogP contribution in [-0.4, -0.2) is 27.1 Å². The maximum Gasteiger partial charge on any atom is 0.233 e. The molecule has 30 heavy (non-hydrogen) atoms. The number of nitriles is 1. The minimum atomic E-state index is -0.248. The number of allylic oxidation sites excluding steroid dienone is 1. The first-order valence-corrected chi connectivity index (χ1v) is 11.4. The van der Waals surface area contributed by atoms with Crippen LogP contribution in [0.5, 0.6) is 0 Å². The molecule has 0 saturated heterocycles. The predicted molar refractivity (Wildman–Crippen MR) is 122 cm³/mol. The maximum absolute atomic E-state index is 12.7. The van der Waals surface area contributed by atoms with Crippen molar-refractivity contribution >= 4 is 34.3 Å². The molecule has 1 N–H and O–H groups in total. The Labute approximate surface area is 181 Å². The fraction of sp³-hybridized carbons (Fsp3) is 0.375. The lowest BCUT2D eigenvalue weighted by Crippen LogP contribution is -2.32. The number of aromatic nitrogens is 2. The molecular weight excluding hydrogens is 392 g/mol. The van der Waals surface area contributed by atoms with Gasteiger partial charge in [-0.3, -0.25) is 9.20 Å². The molecule has 1 aliphatic carbocycles. The number of benzene rings is 1. The van der Waals surface area contributed by atoms with E-state index in [1.807, 2.05) is 48.6 Å². The molecule has 4 rings (SSSR count). The molecule has 0 spiro atoms. The number of carbonyl (C=O) groups is 1.